The third-order valence-corrected chi connectivity index (χ3v) is 7.95. The van der Waals surface area contributed by atoms with Crippen LogP contribution in [-0.4, -0.2) is 43.8 Å². The molecule has 202 valence electrons. The van der Waals surface area contributed by atoms with Crippen LogP contribution in [0.4, 0.5) is 10.1 Å². The van der Waals surface area contributed by atoms with Gasteiger partial charge in [-0.15, -0.1) is 0 Å². The van der Waals surface area contributed by atoms with Crippen molar-refractivity contribution in [1.29, 1.82) is 0 Å². The van der Waals surface area contributed by atoms with E-state index in [1.54, 1.807) is 63.2 Å². The topological polar surface area (TPSA) is 86.8 Å². The van der Waals surface area contributed by atoms with Crippen LogP contribution in [-0.2, 0) is 26.2 Å². The smallest absolute Gasteiger partial charge is 0.264 e. The van der Waals surface area contributed by atoms with E-state index in [1.165, 1.54) is 23.1 Å². The van der Waals surface area contributed by atoms with E-state index in [0.29, 0.717) is 10.6 Å². The summed E-state index contributed by atoms with van der Waals surface area (Å²) in [4.78, 5) is 27.9. The molecule has 1 N–H and O–H groups in total. The number of hydrogen-bond acceptors (Lipinski definition) is 4. The number of benzene rings is 3. The molecule has 0 aliphatic rings. The Morgan fingerprint density at radius 2 is 1.63 bits per heavy atom. The highest BCUT2D eigenvalue weighted by molar-refractivity contribution is 7.92. The van der Waals surface area contributed by atoms with E-state index in [2.05, 4.69) is 5.32 Å². The van der Waals surface area contributed by atoms with E-state index >= 15 is 0 Å². The molecule has 0 saturated carbocycles. The van der Waals surface area contributed by atoms with E-state index in [0.717, 1.165) is 16.4 Å². The predicted octanol–water partition coefficient (Wildman–Crippen LogP) is 5.27. The molecule has 11 heteroatoms. The molecule has 3 aromatic carbocycles. The molecular weight excluding hydrogens is 552 g/mol. The van der Waals surface area contributed by atoms with Crippen LogP contribution in [0.2, 0.25) is 10.0 Å². The molecule has 0 aromatic heterocycles. The fraction of sp³-hybridized carbons (Fsp3) is 0.259. The first kappa shape index (κ1) is 29.4. The summed E-state index contributed by atoms with van der Waals surface area (Å²) >= 11 is 12.1. The molecule has 0 aliphatic heterocycles. The average molecular weight is 581 g/mol. The molecule has 3 rings (SSSR count). The fourth-order valence-electron chi connectivity index (χ4n) is 3.71. The number of sulfonamides is 1. The first-order chi connectivity index (χ1) is 17.9. The van der Waals surface area contributed by atoms with Gasteiger partial charge in [0.1, 0.15) is 18.4 Å². The number of hydrogen-bond donors (Lipinski definition) is 1. The molecule has 3 aromatic rings. The van der Waals surface area contributed by atoms with Gasteiger partial charge < -0.3 is 10.2 Å². The largest absolute Gasteiger partial charge is 0.352 e. The Kier molecular flexibility index (Phi) is 9.76. The number of nitrogens with one attached hydrogen (secondary N) is 1. The van der Waals surface area contributed by atoms with E-state index in [9.17, 15) is 22.4 Å². The lowest BCUT2D eigenvalue weighted by molar-refractivity contribution is -0.139. The number of rotatable bonds is 10. The van der Waals surface area contributed by atoms with Gasteiger partial charge in [-0.05, 0) is 68.8 Å². The molecule has 0 unspecified atom stereocenters. The second-order valence-electron chi connectivity index (χ2n) is 8.91. The van der Waals surface area contributed by atoms with Crippen molar-refractivity contribution in [2.45, 2.75) is 44.3 Å². The molecule has 0 radical (unpaired) electrons. The van der Waals surface area contributed by atoms with Gasteiger partial charge in [-0.25, -0.2) is 12.8 Å². The number of nitrogens with zero attached hydrogens (tertiary/aromatic N) is 2. The van der Waals surface area contributed by atoms with E-state index in [4.69, 9.17) is 23.2 Å². The number of carbonyl (C=O) groups is 2. The number of halogens is 3. The lowest BCUT2D eigenvalue weighted by Crippen LogP contribution is -2.52. The zero-order valence-electron chi connectivity index (χ0n) is 21.1. The van der Waals surface area contributed by atoms with Gasteiger partial charge in [0.25, 0.3) is 10.0 Å². The maximum atomic E-state index is 13.9. The molecular formula is C27H28Cl2FN3O4S. The summed E-state index contributed by atoms with van der Waals surface area (Å²) in [5, 5.41) is 2.93. The monoisotopic (exact) mass is 579 g/mol. The quantitative estimate of drug-likeness (QED) is 0.354. The lowest BCUT2D eigenvalue weighted by Gasteiger charge is -2.32. The molecule has 7 nitrogen and oxygen atoms in total. The van der Waals surface area contributed by atoms with Crippen LogP contribution < -0.4 is 9.62 Å². The third kappa shape index (κ3) is 7.24. The summed E-state index contributed by atoms with van der Waals surface area (Å²) in [5.74, 6) is -1.80. The Morgan fingerprint density at radius 1 is 0.947 bits per heavy atom. The van der Waals surface area contributed by atoms with Crippen molar-refractivity contribution in [2.75, 3.05) is 10.8 Å². The summed E-state index contributed by atoms with van der Waals surface area (Å²) < 4.78 is 42.1. The van der Waals surface area contributed by atoms with Crippen LogP contribution in [0.25, 0.3) is 0 Å². The van der Waals surface area contributed by atoms with Gasteiger partial charge in [-0.1, -0.05) is 53.5 Å². The zero-order valence-corrected chi connectivity index (χ0v) is 23.4. The molecule has 0 spiro atoms. The van der Waals surface area contributed by atoms with Crippen molar-refractivity contribution in [2.24, 2.45) is 0 Å². The van der Waals surface area contributed by atoms with Gasteiger partial charge >= 0.3 is 0 Å². The summed E-state index contributed by atoms with van der Waals surface area (Å²) in [6.45, 7) is 4.47. The minimum Gasteiger partial charge on any atom is -0.352 e. The lowest BCUT2D eigenvalue weighted by atomic mass is 10.1. The fourth-order valence-corrected chi connectivity index (χ4v) is 5.52. The van der Waals surface area contributed by atoms with Gasteiger partial charge in [0.15, 0.2) is 0 Å². The molecule has 0 bridgehead atoms. The highest BCUT2D eigenvalue weighted by atomic mass is 35.5. The Bertz CT molecular complexity index is 1400. The zero-order chi connectivity index (χ0) is 28.0. The Balaban J connectivity index is 2.05. The summed E-state index contributed by atoms with van der Waals surface area (Å²) in [7, 11) is -4.27. The SMILES string of the molecule is CC(C)NC(=O)[C@@H](C)N(Cc1cccc(Cl)c1)C(=O)CN(c1ccc(F)c(Cl)c1)S(=O)(=O)c1ccccc1. The molecule has 0 heterocycles. The van der Waals surface area contributed by atoms with Crippen molar-refractivity contribution < 1.29 is 22.4 Å². The van der Waals surface area contributed by atoms with Gasteiger partial charge in [0.2, 0.25) is 11.8 Å². The number of carbonyl (C=O) groups excluding carboxylic acids is 2. The molecule has 2 amide bonds. The van der Waals surface area contributed by atoms with Crippen LogP contribution in [0.15, 0.2) is 77.7 Å². The van der Waals surface area contributed by atoms with Crippen LogP contribution in [0.1, 0.15) is 26.3 Å². The van der Waals surface area contributed by atoms with Gasteiger partial charge in [-0.3, -0.25) is 13.9 Å². The first-order valence-corrected chi connectivity index (χ1v) is 14.0. The molecule has 1 atom stereocenters. The van der Waals surface area contributed by atoms with Crippen molar-refractivity contribution in [1.82, 2.24) is 10.2 Å². The van der Waals surface area contributed by atoms with E-state index < -0.39 is 40.2 Å². The summed E-state index contributed by atoms with van der Waals surface area (Å²) in [6.07, 6.45) is 0. The normalized spacial score (nSPS) is 12.2. The van der Waals surface area contributed by atoms with Crippen LogP contribution >= 0.6 is 23.2 Å². The summed E-state index contributed by atoms with van der Waals surface area (Å²) in [6, 6.07) is 16.6. The Morgan fingerprint density at radius 3 is 2.24 bits per heavy atom. The van der Waals surface area contributed by atoms with Crippen molar-refractivity contribution in [3.63, 3.8) is 0 Å². The number of amides is 2. The standard InChI is InChI=1S/C27H28Cl2FN3O4S/c1-18(2)31-27(35)19(3)32(16-20-8-7-9-21(28)14-20)26(34)17-33(22-12-13-25(30)24(29)15-22)38(36,37)23-10-5-4-6-11-23/h4-15,18-19H,16-17H2,1-3H3,(H,31,35)/t19-/m1/s1. The third-order valence-electron chi connectivity index (χ3n) is 5.64. The highest BCUT2D eigenvalue weighted by Crippen LogP contribution is 2.28. The van der Waals surface area contributed by atoms with Gasteiger partial charge in [0.05, 0.1) is 15.6 Å². The first-order valence-electron chi connectivity index (χ1n) is 11.8. The van der Waals surface area contributed by atoms with E-state index in [-0.39, 0.29) is 28.2 Å². The molecule has 38 heavy (non-hydrogen) atoms. The predicted molar refractivity (Wildman–Crippen MR) is 147 cm³/mol. The van der Waals surface area contributed by atoms with Crippen molar-refractivity contribution >= 4 is 50.7 Å². The van der Waals surface area contributed by atoms with Crippen LogP contribution in [0.3, 0.4) is 0 Å². The second-order valence-corrected chi connectivity index (χ2v) is 11.6. The maximum absolute atomic E-state index is 13.9. The Labute approximate surface area is 232 Å². The molecule has 0 aliphatic carbocycles. The second kappa shape index (κ2) is 12.6. The van der Waals surface area contributed by atoms with Crippen molar-refractivity contribution in [3.05, 3.63) is 94.2 Å². The Hall–Kier alpha value is -3.14. The van der Waals surface area contributed by atoms with Crippen molar-refractivity contribution in [3.8, 4) is 0 Å². The maximum Gasteiger partial charge on any atom is 0.264 e. The minimum atomic E-state index is -4.27. The molecule has 0 fully saturated rings. The van der Waals surface area contributed by atoms with Crippen LogP contribution in [0.5, 0.6) is 0 Å². The summed E-state index contributed by atoms with van der Waals surface area (Å²) in [5.41, 5.74) is 0.646. The van der Waals surface area contributed by atoms with Gasteiger partial charge in [0, 0.05) is 17.6 Å². The number of anilines is 1. The molecule has 0 saturated heterocycles. The van der Waals surface area contributed by atoms with Crippen LogP contribution in [0, 0.1) is 5.82 Å². The van der Waals surface area contributed by atoms with E-state index in [1.807, 2.05) is 0 Å². The highest BCUT2D eigenvalue weighted by Gasteiger charge is 2.33. The average Bonchev–Trinajstić information content (AvgIpc) is 2.87. The minimum absolute atomic E-state index is 0.00408. The van der Waals surface area contributed by atoms with Gasteiger partial charge in [-0.2, -0.15) is 0 Å².